The summed E-state index contributed by atoms with van der Waals surface area (Å²) in [5, 5.41) is 9.23. The molecule has 2 N–H and O–H groups in total. The minimum atomic E-state index is -0.351. The van der Waals surface area contributed by atoms with E-state index in [-0.39, 0.29) is 30.7 Å². The molecule has 1 aromatic heterocycles. The van der Waals surface area contributed by atoms with Gasteiger partial charge in [-0.1, -0.05) is 24.3 Å². The van der Waals surface area contributed by atoms with Gasteiger partial charge in [0, 0.05) is 12.1 Å². The van der Waals surface area contributed by atoms with E-state index in [9.17, 15) is 14.0 Å². The third-order valence-electron chi connectivity index (χ3n) is 3.77. The lowest BCUT2D eigenvalue weighted by Crippen LogP contribution is -2.36. The van der Waals surface area contributed by atoms with Crippen molar-refractivity contribution in [3.05, 3.63) is 82.3 Å². The maximum Gasteiger partial charge on any atom is 0.251 e. The average molecular weight is 368 g/mol. The van der Waals surface area contributed by atoms with Crippen LogP contribution in [0, 0.1) is 5.82 Å². The first kappa shape index (κ1) is 17.8. The van der Waals surface area contributed by atoms with E-state index in [1.165, 1.54) is 12.1 Å². The zero-order valence-corrected chi connectivity index (χ0v) is 14.7. The third kappa shape index (κ3) is 4.77. The Labute approximate surface area is 154 Å². The molecule has 0 spiro atoms. The first-order valence-corrected chi connectivity index (χ1v) is 8.98. The summed E-state index contributed by atoms with van der Waals surface area (Å²) in [6.45, 7) is 0.0664. The third-order valence-corrected chi connectivity index (χ3v) is 4.45. The van der Waals surface area contributed by atoms with Crippen LogP contribution in [0.1, 0.15) is 15.9 Å². The second kappa shape index (κ2) is 8.40. The minimum absolute atomic E-state index is 0.142. The van der Waals surface area contributed by atoms with Crippen molar-refractivity contribution in [2.75, 3.05) is 6.54 Å². The van der Waals surface area contributed by atoms with Crippen LogP contribution in [0.15, 0.2) is 65.4 Å². The van der Waals surface area contributed by atoms with Gasteiger partial charge in [-0.15, -0.1) is 0 Å². The van der Waals surface area contributed by atoms with Gasteiger partial charge < -0.3 is 10.6 Å². The predicted molar refractivity (Wildman–Crippen MR) is 100 cm³/mol. The van der Waals surface area contributed by atoms with Crippen molar-refractivity contribution in [3.63, 3.8) is 0 Å². The molecule has 0 aliphatic carbocycles. The van der Waals surface area contributed by atoms with E-state index in [0.29, 0.717) is 11.1 Å². The van der Waals surface area contributed by atoms with Gasteiger partial charge in [-0.25, -0.2) is 4.39 Å². The first-order valence-electron chi connectivity index (χ1n) is 8.04. The Bertz CT molecular complexity index is 910. The standard InChI is InChI=1S/C20H17FN2O2S/c21-18-6-1-3-14(9-18)11-22-19(24)12-23-20(25)16-5-2-4-15(10-16)17-7-8-26-13-17/h1-10,13H,11-12H2,(H,22,24)(H,23,25). The van der Waals surface area contributed by atoms with E-state index >= 15 is 0 Å². The molecule has 2 aromatic carbocycles. The van der Waals surface area contributed by atoms with Gasteiger partial charge in [-0.3, -0.25) is 9.59 Å². The van der Waals surface area contributed by atoms with Crippen molar-refractivity contribution in [3.8, 4) is 11.1 Å². The Balaban J connectivity index is 1.52. The van der Waals surface area contributed by atoms with E-state index in [4.69, 9.17) is 0 Å². The topological polar surface area (TPSA) is 58.2 Å². The first-order chi connectivity index (χ1) is 12.6. The van der Waals surface area contributed by atoms with Gasteiger partial charge in [0.15, 0.2) is 0 Å². The van der Waals surface area contributed by atoms with Crippen LogP contribution in [0.25, 0.3) is 11.1 Å². The normalized spacial score (nSPS) is 10.3. The van der Waals surface area contributed by atoms with E-state index < -0.39 is 0 Å². The summed E-state index contributed by atoms with van der Waals surface area (Å²) in [5.74, 6) is -1.00. The van der Waals surface area contributed by atoms with Gasteiger partial charge in [0.25, 0.3) is 5.91 Å². The summed E-state index contributed by atoms with van der Waals surface area (Å²) in [7, 11) is 0. The van der Waals surface area contributed by atoms with Crippen LogP contribution in [0.2, 0.25) is 0 Å². The van der Waals surface area contributed by atoms with Gasteiger partial charge >= 0.3 is 0 Å². The quantitative estimate of drug-likeness (QED) is 0.698. The molecule has 26 heavy (non-hydrogen) atoms. The van der Waals surface area contributed by atoms with Crippen molar-refractivity contribution in [1.82, 2.24) is 10.6 Å². The lowest BCUT2D eigenvalue weighted by Gasteiger charge is -2.08. The molecule has 0 saturated carbocycles. The summed E-state index contributed by atoms with van der Waals surface area (Å²) >= 11 is 1.59. The molecule has 1 heterocycles. The molecule has 0 aliphatic rings. The molecule has 4 nitrogen and oxygen atoms in total. The molecule has 3 rings (SSSR count). The van der Waals surface area contributed by atoms with Gasteiger partial charge in [0.05, 0.1) is 6.54 Å². The fourth-order valence-corrected chi connectivity index (χ4v) is 3.11. The highest BCUT2D eigenvalue weighted by atomic mass is 32.1. The average Bonchev–Trinajstić information content (AvgIpc) is 3.19. The maximum absolute atomic E-state index is 13.1. The number of hydrogen-bond acceptors (Lipinski definition) is 3. The predicted octanol–water partition coefficient (Wildman–Crippen LogP) is 3.60. The molecule has 0 unspecified atom stereocenters. The minimum Gasteiger partial charge on any atom is -0.350 e. The number of halogens is 1. The number of hydrogen-bond donors (Lipinski definition) is 2. The summed E-state index contributed by atoms with van der Waals surface area (Å²) < 4.78 is 13.1. The number of carbonyl (C=O) groups is 2. The van der Waals surface area contributed by atoms with Crippen molar-refractivity contribution in [2.45, 2.75) is 6.54 Å². The zero-order chi connectivity index (χ0) is 18.4. The fourth-order valence-electron chi connectivity index (χ4n) is 2.44. The number of benzene rings is 2. The Kier molecular flexibility index (Phi) is 5.76. The van der Waals surface area contributed by atoms with Gasteiger partial charge in [0.1, 0.15) is 5.82 Å². The lowest BCUT2D eigenvalue weighted by molar-refractivity contribution is -0.120. The summed E-state index contributed by atoms with van der Waals surface area (Å²) in [4.78, 5) is 24.1. The van der Waals surface area contributed by atoms with Crippen molar-refractivity contribution in [2.24, 2.45) is 0 Å². The van der Waals surface area contributed by atoms with Crippen LogP contribution >= 0.6 is 11.3 Å². The molecule has 0 fully saturated rings. The van der Waals surface area contributed by atoms with Gasteiger partial charge in [-0.2, -0.15) is 11.3 Å². The van der Waals surface area contributed by atoms with Crippen LogP contribution in [0.3, 0.4) is 0 Å². The molecular formula is C20H17FN2O2S. The molecule has 6 heteroatoms. The van der Waals surface area contributed by atoms with Crippen LogP contribution in [0.4, 0.5) is 4.39 Å². The van der Waals surface area contributed by atoms with E-state index in [1.54, 1.807) is 35.6 Å². The van der Waals surface area contributed by atoms with Crippen LogP contribution in [-0.4, -0.2) is 18.4 Å². The molecule has 0 saturated heterocycles. The lowest BCUT2D eigenvalue weighted by atomic mass is 10.1. The molecule has 3 aromatic rings. The number of rotatable bonds is 6. The Morgan fingerprint density at radius 3 is 2.58 bits per heavy atom. The van der Waals surface area contributed by atoms with Gasteiger partial charge in [0.2, 0.25) is 5.91 Å². The van der Waals surface area contributed by atoms with E-state index in [0.717, 1.165) is 11.1 Å². The van der Waals surface area contributed by atoms with Gasteiger partial charge in [-0.05, 0) is 57.8 Å². The number of thiophene rings is 1. The van der Waals surface area contributed by atoms with Crippen molar-refractivity contribution in [1.29, 1.82) is 0 Å². The van der Waals surface area contributed by atoms with Crippen molar-refractivity contribution >= 4 is 23.2 Å². The van der Waals surface area contributed by atoms with Crippen LogP contribution in [0.5, 0.6) is 0 Å². The number of amides is 2. The fraction of sp³-hybridized carbons (Fsp3) is 0.100. The number of carbonyl (C=O) groups excluding carboxylic acids is 2. The largest absolute Gasteiger partial charge is 0.350 e. The SMILES string of the molecule is O=C(CNC(=O)c1cccc(-c2ccsc2)c1)NCc1cccc(F)c1. The second-order valence-electron chi connectivity index (χ2n) is 5.68. The Hall–Kier alpha value is -2.99. The summed E-state index contributed by atoms with van der Waals surface area (Å²) in [6, 6.07) is 15.2. The highest BCUT2D eigenvalue weighted by Gasteiger charge is 2.09. The van der Waals surface area contributed by atoms with E-state index in [2.05, 4.69) is 10.6 Å². The van der Waals surface area contributed by atoms with Crippen LogP contribution < -0.4 is 10.6 Å². The molecule has 2 amide bonds. The van der Waals surface area contributed by atoms with Crippen molar-refractivity contribution < 1.29 is 14.0 Å². The van der Waals surface area contributed by atoms with Crippen LogP contribution in [-0.2, 0) is 11.3 Å². The Morgan fingerprint density at radius 1 is 0.962 bits per heavy atom. The molecule has 0 bridgehead atoms. The highest BCUT2D eigenvalue weighted by molar-refractivity contribution is 7.08. The molecule has 0 aliphatic heterocycles. The maximum atomic E-state index is 13.1. The summed E-state index contributed by atoms with van der Waals surface area (Å²) in [5.41, 5.74) is 3.16. The molecular weight excluding hydrogens is 351 g/mol. The monoisotopic (exact) mass is 368 g/mol. The zero-order valence-electron chi connectivity index (χ0n) is 13.9. The van der Waals surface area contributed by atoms with E-state index in [1.807, 2.05) is 29.0 Å². The molecule has 0 radical (unpaired) electrons. The molecule has 0 atom stereocenters. The summed E-state index contributed by atoms with van der Waals surface area (Å²) in [6.07, 6.45) is 0. The smallest absolute Gasteiger partial charge is 0.251 e. The number of nitrogens with one attached hydrogen (secondary N) is 2. The highest BCUT2D eigenvalue weighted by Crippen LogP contribution is 2.22. The molecule has 132 valence electrons. The Morgan fingerprint density at radius 2 is 1.81 bits per heavy atom. The second-order valence-corrected chi connectivity index (χ2v) is 6.46.